The molecule has 0 radical (unpaired) electrons. The number of rotatable bonds is 5. The third-order valence-corrected chi connectivity index (χ3v) is 4.56. The van der Waals surface area contributed by atoms with Gasteiger partial charge in [0.1, 0.15) is 10.7 Å². The van der Waals surface area contributed by atoms with Crippen LogP contribution < -0.4 is 5.32 Å². The molecule has 25 heavy (non-hydrogen) atoms. The van der Waals surface area contributed by atoms with Crippen LogP contribution in [0.2, 0.25) is 15.1 Å². The quantitative estimate of drug-likeness (QED) is 0.694. The molecule has 0 spiro atoms. The number of nitrogens with zero attached hydrogens (tertiary/aromatic N) is 4. The average molecular weight is 399 g/mol. The molecule has 1 amide bonds. The van der Waals surface area contributed by atoms with E-state index in [1.54, 1.807) is 46.0 Å². The van der Waals surface area contributed by atoms with Gasteiger partial charge < -0.3 is 5.32 Å². The van der Waals surface area contributed by atoms with E-state index < -0.39 is 0 Å². The summed E-state index contributed by atoms with van der Waals surface area (Å²) in [6.45, 7) is 2.82. The predicted molar refractivity (Wildman–Crippen MR) is 98.7 cm³/mol. The molecule has 1 N–H and O–H groups in total. The molecule has 0 aliphatic heterocycles. The molecule has 0 unspecified atom stereocenters. The molecule has 3 aromatic rings. The van der Waals surface area contributed by atoms with Crippen LogP contribution in [0.15, 0.2) is 36.7 Å². The first-order valence-electron chi connectivity index (χ1n) is 7.48. The van der Waals surface area contributed by atoms with Gasteiger partial charge in [0.25, 0.3) is 5.91 Å². The third kappa shape index (κ3) is 3.81. The van der Waals surface area contributed by atoms with Gasteiger partial charge in [-0.3, -0.25) is 14.2 Å². The maximum absolute atomic E-state index is 12.4. The van der Waals surface area contributed by atoms with E-state index in [1.807, 2.05) is 6.92 Å². The molecule has 3 rings (SSSR count). The van der Waals surface area contributed by atoms with Crippen molar-refractivity contribution in [3.8, 4) is 0 Å². The third-order valence-electron chi connectivity index (χ3n) is 3.58. The highest BCUT2D eigenvalue weighted by Gasteiger charge is 2.16. The first-order valence-corrected chi connectivity index (χ1v) is 8.62. The van der Waals surface area contributed by atoms with Gasteiger partial charge in [0.2, 0.25) is 0 Å². The van der Waals surface area contributed by atoms with Crippen LogP contribution >= 0.6 is 34.8 Å². The summed E-state index contributed by atoms with van der Waals surface area (Å²) in [6.07, 6.45) is 3.17. The lowest BCUT2D eigenvalue weighted by molar-refractivity contribution is 0.101. The fraction of sp³-hybridized carbons (Fsp3) is 0.188. The zero-order valence-electron chi connectivity index (χ0n) is 13.2. The lowest BCUT2D eigenvalue weighted by Crippen LogP contribution is -2.18. The fourth-order valence-electron chi connectivity index (χ4n) is 2.36. The van der Waals surface area contributed by atoms with Gasteiger partial charge >= 0.3 is 0 Å². The lowest BCUT2D eigenvalue weighted by Gasteiger charge is -2.07. The maximum Gasteiger partial charge on any atom is 0.275 e. The minimum Gasteiger partial charge on any atom is -0.302 e. The summed E-state index contributed by atoms with van der Waals surface area (Å²) in [6, 6.07) is 6.91. The Labute approximate surface area is 159 Å². The minimum atomic E-state index is -0.331. The average Bonchev–Trinajstić information content (AvgIpc) is 3.18. The first-order chi connectivity index (χ1) is 12.0. The van der Waals surface area contributed by atoms with Gasteiger partial charge in [-0.25, -0.2) is 0 Å². The molecule has 2 aromatic heterocycles. The Kier molecular flexibility index (Phi) is 5.32. The van der Waals surface area contributed by atoms with Gasteiger partial charge in [-0.15, -0.1) is 0 Å². The molecule has 0 atom stereocenters. The molecule has 6 nitrogen and oxygen atoms in total. The molecule has 0 fully saturated rings. The normalized spacial score (nSPS) is 10.9. The second kappa shape index (κ2) is 7.47. The number of halogens is 3. The van der Waals surface area contributed by atoms with Gasteiger partial charge in [0.15, 0.2) is 5.82 Å². The monoisotopic (exact) mass is 397 g/mol. The molecule has 1 aromatic carbocycles. The number of anilines is 1. The largest absolute Gasteiger partial charge is 0.302 e. The molecule has 0 aliphatic carbocycles. The van der Waals surface area contributed by atoms with Crippen molar-refractivity contribution in [3.05, 3.63) is 63.0 Å². The van der Waals surface area contributed by atoms with E-state index >= 15 is 0 Å². The highest BCUT2D eigenvalue weighted by molar-refractivity contribution is 6.36. The highest BCUT2D eigenvalue weighted by atomic mass is 35.5. The van der Waals surface area contributed by atoms with Gasteiger partial charge in [0, 0.05) is 34.5 Å². The van der Waals surface area contributed by atoms with Gasteiger partial charge in [-0.1, -0.05) is 40.9 Å². The molecular formula is C16H14Cl3N5O. The van der Waals surface area contributed by atoms with Crippen LogP contribution in [0.1, 0.15) is 23.0 Å². The minimum absolute atomic E-state index is 0.263. The maximum atomic E-state index is 12.4. The number of nitrogens with one attached hydrogen (secondary N) is 1. The lowest BCUT2D eigenvalue weighted by atomic mass is 10.2. The van der Waals surface area contributed by atoms with E-state index in [2.05, 4.69) is 15.5 Å². The van der Waals surface area contributed by atoms with Crippen LogP contribution in [0.3, 0.4) is 0 Å². The van der Waals surface area contributed by atoms with Gasteiger partial charge in [-0.05, 0) is 25.1 Å². The number of benzene rings is 1. The highest BCUT2D eigenvalue weighted by Crippen LogP contribution is 2.27. The summed E-state index contributed by atoms with van der Waals surface area (Å²) in [5, 5.41) is 12.5. The SMILES string of the molecule is CCn1nccc1C(=O)Nc1nn(Cc2c(Cl)cccc2Cl)cc1Cl. The van der Waals surface area contributed by atoms with Gasteiger partial charge in [0.05, 0.1) is 6.54 Å². The van der Waals surface area contributed by atoms with Crippen molar-refractivity contribution in [2.45, 2.75) is 20.0 Å². The van der Waals surface area contributed by atoms with E-state index in [9.17, 15) is 4.79 Å². The number of carbonyl (C=O) groups excluding carboxylic acids is 1. The Bertz CT molecular complexity index is 898. The van der Waals surface area contributed by atoms with Crippen molar-refractivity contribution < 1.29 is 4.79 Å². The molecule has 9 heteroatoms. The summed E-state index contributed by atoms with van der Waals surface area (Å²) in [4.78, 5) is 12.4. The van der Waals surface area contributed by atoms with E-state index in [0.29, 0.717) is 33.9 Å². The van der Waals surface area contributed by atoms with Crippen molar-refractivity contribution in [1.82, 2.24) is 19.6 Å². The van der Waals surface area contributed by atoms with Crippen LogP contribution in [0.5, 0.6) is 0 Å². The molecule has 0 aliphatic rings. The van der Waals surface area contributed by atoms with E-state index in [0.717, 1.165) is 5.56 Å². The van der Waals surface area contributed by atoms with Crippen LogP contribution in [0, 0.1) is 0 Å². The number of hydrogen-bond donors (Lipinski definition) is 1. The summed E-state index contributed by atoms with van der Waals surface area (Å²) in [7, 11) is 0. The smallest absolute Gasteiger partial charge is 0.275 e. The number of aromatic nitrogens is 4. The molecular weight excluding hydrogens is 385 g/mol. The van der Waals surface area contributed by atoms with Crippen molar-refractivity contribution in [2.24, 2.45) is 0 Å². The van der Waals surface area contributed by atoms with Crippen LogP contribution in [-0.2, 0) is 13.1 Å². The van der Waals surface area contributed by atoms with Crippen molar-refractivity contribution in [2.75, 3.05) is 5.32 Å². The van der Waals surface area contributed by atoms with Gasteiger partial charge in [-0.2, -0.15) is 10.2 Å². The van der Waals surface area contributed by atoms with Crippen LogP contribution in [-0.4, -0.2) is 25.5 Å². The topological polar surface area (TPSA) is 64.7 Å². The molecule has 0 saturated carbocycles. The summed E-state index contributed by atoms with van der Waals surface area (Å²) in [5.41, 5.74) is 1.16. The molecule has 0 bridgehead atoms. The van der Waals surface area contributed by atoms with Crippen molar-refractivity contribution in [3.63, 3.8) is 0 Å². The molecule has 2 heterocycles. The molecule has 0 saturated heterocycles. The summed E-state index contributed by atoms with van der Waals surface area (Å²) < 4.78 is 3.16. The van der Waals surface area contributed by atoms with E-state index in [-0.39, 0.29) is 11.7 Å². The van der Waals surface area contributed by atoms with Crippen LogP contribution in [0.4, 0.5) is 5.82 Å². The second-order valence-corrected chi connectivity index (χ2v) is 6.43. The van der Waals surface area contributed by atoms with E-state index in [4.69, 9.17) is 34.8 Å². The summed E-state index contributed by atoms with van der Waals surface area (Å²) >= 11 is 18.5. The van der Waals surface area contributed by atoms with E-state index in [1.165, 1.54) is 0 Å². The number of carbonyl (C=O) groups is 1. The standard InChI is InChI=1S/C16H14Cl3N5O/c1-2-24-14(6-7-20-24)16(25)21-15-13(19)9-23(22-15)8-10-11(17)4-3-5-12(10)18/h3-7,9H,2,8H2,1H3,(H,21,22,25). The first kappa shape index (κ1) is 17.8. The van der Waals surface area contributed by atoms with Crippen LogP contribution in [0.25, 0.3) is 0 Å². The Morgan fingerprint density at radius 3 is 2.56 bits per heavy atom. The Balaban J connectivity index is 1.80. The summed E-state index contributed by atoms with van der Waals surface area (Å²) in [5.74, 6) is -0.0685. The zero-order valence-corrected chi connectivity index (χ0v) is 15.5. The zero-order chi connectivity index (χ0) is 18.0. The Morgan fingerprint density at radius 1 is 1.16 bits per heavy atom. The van der Waals surface area contributed by atoms with Crippen molar-refractivity contribution >= 4 is 46.5 Å². The van der Waals surface area contributed by atoms with Crippen molar-refractivity contribution in [1.29, 1.82) is 0 Å². The number of hydrogen-bond acceptors (Lipinski definition) is 3. The molecule has 130 valence electrons. The Hall–Kier alpha value is -2.02. The predicted octanol–water partition coefficient (Wildman–Crippen LogP) is 4.36. The fourth-order valence-corrected chi connectivity index (χ4v) is 3.07. The Morgan fingerprint density at radius 2 is 1.88 bits per heavy atom. The number of amides is 1. The second-order valence-electron chi connectivity index (χ2n) is 5.21. The number of aryl methyl sites for hydroxylation is 1.